The summed E-state index contributed by atoms with van der Waals surface area (Å²) in [6.45, 7) is 3.22. The standard InChI is InChI=1S/C25H29NO8/c1-15(23(28)29)32-22-20(26-16(2)27)25(30-13-17-9-5-3-6-10-17)33-19-14-31-24(34-21(19)22)18-11-7-4-8-12-18/h3-12,15,19-22,24-25H,13-14H2,1-2H3,(H,26,27)(H,28,29)/t15-,19-,20+,21-,22+,24-,25-/m1/s1. The Bertz CT molecular complexity index is 956. The summed E-state index contributed by atoms with van der Waals surface area (Å²) in [5.41, 5.74) is 1.73. The number of amides is 1. The van der Waals surface area contributed by atoms with Crippen molar-refractivity contribution in [3.8, 4) is 0 Å². The topological polar surface area (TPSA) is 113 Å². The van der Waals surface area contributed by atoms with Gasteiger partial charge in [0, 0.05) is 12.5 Å². The van der Waals surface area contributed by atoms with Crippen molar-refractivity contribution in [2.75, 3.05) is 6.61 Å². The number of carboxylic acids is 1. The molecular weight excluding hydrogens is 442 g/mol. The highest BCUT2D eigenvalue weighted by Gasteiger charge is 2.52. The number of carboxylic acid groups (broad SMARTS) is 1. The van der Waals surface area contributed by atoms with Crippen LogP contribution in [0.1, 0.15) is 31.3 Å². The highest BCUT2D eigenvalue weighted by molar-refractivity contribution is 5.73. The summed E-state index contributed by atoms with van der Waals surface area (Å²) >= 11 is 0. The smallest absolute Gasteiger partial charge is 0.332 e. The van der Waals surface area contributed by atoms with Gasteiger partial charge in [0.2, 0.25) is 5.91 Å². The summed E-state index contributed by atoms with van der Waals surface area (Å²) in [5, 5.41) is 12.3. The summed E-state index contributed by atoms with van der Waals surface area (Å²) < 4.78 is 30.3. The Kier molecular flexibility index (Phi) is 7.91. The van der Waals surface area contributed by atoms with Gasteiger partial charge in [0.1, 0.15) is 24.4 Å². The predicted octanol–water partition coefficient (Wildman–Crippen LogP) is 2.41. The lowest BCUT2D eigenvalue weighted by atomic mass is 9.95. The molecule has 0 unspecified atom stereocenters. The highest BCUT2D eigenvalue weighted by Crippen LogP contribution is 2.36. The number of carbonyl (C=O) groups is 2. The minimum atomic E-state index is -1.14. The number of aliphatic carboxylic acids is 1. The van der Waals surface area contributed by atoms with E-state index in [1.54, 1.807) is 0 Å². The molecule has 2 saturated heterocycles. The number of hydrogen-bond acceptors (Lipinski definition) is 7. The molecule has 34 heavy (non-hydrogen) atoms. The van der Waals surface area contributed by atoms with E-state index in [0.29, 0.717) is 0 Å². The summed E-state index contributed by atoms with van der Waals surface area (Å²) in [5.74, 6) is -1.46. The van der Waals surface area contributed by atoms with Crippen LogP contribution in [0, 0.1) is 0 Å². The molecule has 2 fully saturated rings. The first-order chi connectivity index (χ1) is 16.4. The number of ether oxygens (including phenoxy) is 5. The molecule has 9 nitrogen and oxygen atoms in total. The molecule has 2 aromatic carbocycles. The summed E-state index contributed by atoms with van der Waals surface area (Å²) in [7, 11) is 0. The van der Waals surface area contributed by atoms with Crippen molar-refractivity contribution in [3.05, 3.63) is 71.8 Å². The fourth-order valence-corrected chi connectivity index (χ4v) is 4.09. The molecule has 2 heterocycles. The minimum absolute atomic E-state index is 0.184. The van der Waals surface area contributed by atoms with Crippen LogP contribution >= 0.6 is 0 Å². The van der Waals surface area contributed by atoms with Gasteiger partial charge >= 0.3 is 5.97 Å². The van der Waals surface area contributed by atoms with E-state index in [9.17, 15) is 14.7 Å². The Labute approximate surface area is 197 Å². The van der Waals surface area contributed by atoms with Crippen molar-refractivity contribution >= 4 is 11.9 Å². The number of rotatable bonds is 8. The molecule has 0 aliphatic carbocycles. The predicted molar refractivity (Wildman–Crippen MR) is 119 cm³/mol. The molecule has 2 aromatic rings. The molecule has 4 rings (SSSR count). The van der Waals surface area contributed by atoms with Crippen molar-refractivity contribution in [2.45, 2.75) is 63.5 Å². The first-order valence-electron chi connectivity index (χ1n) is 11.2. The van der Waals surface area contributed by atoms with Gasteiger partial charge < -0.3 is 34.1 Å². The molecule has 182 valence electrons. The average molecular weight is 472 g/mol. The second-order valence-corrected chi connectivity index (χ2v) is 8.32. The Morgan fingerprint density at radius 2 is 1.76 bits per heavy atom. The SMILES string of the molecule is CC(=O)N[C@@H]1[C@H](OCc2ccccc2)O[C@@H]2CO[C@@H](c3ccccc3)O[C@H]2[C@H]1O[C@H](C)C(=O)O. The quantitative estimate of drug-likeness (QED) is 0.604. The van der Waals surface area contributed by atoms with Crippen LogP contribution in [0.4, 0.5) is 0 Å². The summed E-state index contributed by atoms with van der Waals surface area (Å²) in [4.78, 5) is 23.7. The molecule has 7 atom stereocenters. The van der Waals surface area contributed by atoms with Crippen molar-refractivity contribution in [1.82, 2.24) is 5.32 Å². The maximum absolute atomic E-state index is 12.1. The molecule has 0 aromatic heterocycles. The van der Waals surface area contributed by atoms with Crippen molar-refractivity contribution in [3.63, 3.8) is 0 Å². The molecule has 1 amide bonds. The van der Waals surface area contributed by atoms with E-state index in [4.69, 9.17) is 23.7 Å². The normalized spacial score (nSPS) is 29.6. The first-order valence-corrected chi connectivity index (χ1v) is 11.2. The molecule has 9 heteroatoms. The van der Waals surface area contributed by atoms with Crippen LogP contribution in [-0.4, -0.2) is 60.3 Å². The number of benzene rings is 2. The van der Waals surface area contributed by atoms with Gasteiger partial charge in [-0.05, 0) is 12.5 Å². The molecule has 0 spiro atoms. The molecule has 2 aliphatic heterocycles. The largest absolute Gasteiger partial charge is 0.479 e. The monoisotopic (exact) mass is 471 g/mol. The third-order valence-electron chi connectivity index (χ3n) is 5.75. The average Bonchev–Trinajstić information content (AvgIpc) is 2.84. The van der Waals surface area contributed by atoms with Crippen molar-refractivity contribution in [2.24, 2.45) is 0 Å². The van der Waals surface area contributed by atoms with Crippen LogP contribution in [0.3, 0.4) is 0 Å². The van der Waals surface area contributed by atoms with Crippen LogP contribution in [0.2, 0.25) is 0 Å². The highest BCUT2D eigenvalue weighted by atomic mass is 16.8. The van der Waals surface area contributed by atoms with E-state index < -0.39 is 49.0 Å². The third-order valence-corrected chi connectivity index (χ3v) is 5.75. The molecule has 0 saturated carbocycles. The lowest BCUT2D eigenvalue weighted by Crippen LogP contribution is -2.67. The molecule has 0 bridgehead atoms. The van der Waals surface area contributed by atoms with Crippen molar-refractivity contribution in [1.29, 1.82) is 0 Å². The number of nitrogens with one attached hydrogen (secondary N) is 1. The fourth-order valence-electron chi connectivity index (χ4n) is 4.09. The van der Waals surface area contributed by atoms with Gasteiger partial charge in [-0.3, -0.25) is 4.79 Å². The van der Waals surface area contributed by atoms with Gasteiger partial charge in [0.15, 0.2) is 18.7 Å². The van der Waals surface area contributed by atoms with Crippen LogP contribution in [0.25, 0.3) is 0 Å². The zero-order valence-corrected chi connectivity index (χ0v) is 19.0. The number of carbonyl (C=O) groups excluding carboxylic acids is 1. The van der Waals surface area contributed by atoms with Crippen LogP contribution in [-0.2, 0) is 39.9 Å². The molecular formula is C25H29NO8. The summed E-state index contributed by atoms with van der Waals surface area (Å²) in [6.07, 6.45) is -4.87. The van der Waals surface area contributed by atoms with Gasteiger partial charge in [-0.15, -0.1) is 0 Å². The van der Waals surface area contributed by atoms with E-state index in [1.807, 2.05) is 60.7 Å². The van der Waals surface area contributed by atoms with E-state index in [0.717, 1.165) is 11.1 Å². The zero-order valence-electron chi connectivity index (χ0n) is 19.0. The van der Waals surface area contributed by atoms with Crippen LogP contribution in [0.15, 0.2) is 60.7 Å². The number of hydrogen-bond donors (Lipinski definition) is 2. The summed E-state index contributed by atoms with van der Waals surface area (Å²) in [6, 6.07) is 18.1. The van der Waals surface area contributed by atoms with E-state index in [2.05, 4.69) is 5.32 Å². The van der Waals surface area contributed by atoms with Crippen molar-refractivity contribution < 1.29 is 38.4 Å². The molecule has 2 N–H and O–H groups in total. The lowest BCUT2D eigenvalue weighted by Gasteiger charge is -2.49. The van der Waals surface area contributed by atoms with Crippen LogP contribution in [0.5, 0.6) is 0 Å². The maximum atomic E-state index is 12.1. The molecule has 0 radical (unpaired) electrons. The first kappa shape index (κ1) is 24.3. The van der Waals surface area contributed by atoms with Gasteiger partial charge in [-0.2, -0.15) is 0 Å². The zero-order chi connectivity index (χ0) is 24.1. The van der Waals surface area contributed by atoms with Gasteiger partial charge in [0.05, 0.1) is 13.2 Å². The fraction of sp³-hybridized carbons (Fsp3) is 0.440. The Hall–Kier alpha value is -2.82. The number of fused-ring (bicyclic) bond motifs is 1. The van der Waals surface area contributed by atoms with Gasteiger partial charge in [0.25, 0.3) is 0 Å². The second-order valence-electron chi connectivity index (χ2n) is 8.32. The second kappa shape index (κ2) is 11.1. The Morgan fingerprint density at radius 1 is 1.09 bits per heavy atom. The minimum Gasteiger partial charge on any atom is -0.479 e. The van der Waals surface area contributed by atoms with Crippen LogP contribution < -0.4 is 5.32 Å². The van der Waals surface area contributed by atoms with E-state index in [1.165, 1.54) is 13.8 Å². The Morgan fingerprint density at radius 3 is 2.41 bits per heavy atom. The maximum Gasteiger partial charge on any atom is 0.332 e. The molecule has 2 aliphatic rings. The van der Waals surface area contributed by atoms with E-state index >= 15 is 0 Å². The van der Waals surface area contributed by atoms with E-state index in [-0.39, 0.29) is 19.1 Å². The Balaban J connectivity index is 1.59. The lowest BCUT2D eigenvalue weighted by molar-refractivity contribution is -0.351. The van der Waals surface area contributed by atoms with Gasteiger partial charge in [-0.25, -0.2) is 4.79 Å². The third kappa shape index (κ3) is 5.81. The van der Waals surface area contributed by atoms with Gasteiger partial charge in [-0.1, -0.05) is 60.7 Å².